The van der Waals surface area contributed by atoms with Crippen LogP contribution in [0, 0.1) is 17.8 Å². The molecule has 2 saturated heterocycles. The van der Waals surface area contributed by atoms with Gasteiger partial charge >= 0.3 is 14.2 Å². The summed E-state index contributed by atoms with van der Waals surface area (Å²) >= 11 is 0. The molecule has 10 heteroatoms. The fourth-order valence-electron chi connectivity index (χ4n) is 5.93. The normalized spacial score (nSPS) is 26.2. The predicted octanol–water partition coefficient (Wildman–Crippen LogP) is 1.48. The van der Waals surface area contributed by atoms with Gasteiger partial charge in [-0.1, -0.05) is 43.2 Å². The maximum atomic E-state index is 13.7. The molecule has 35 heavy (non-hydrogen) atoms. The average molecular weight is 475 g/mol. The standard InChI is InChI=1S/C25H27B2NO7/c1-2-4-15-11-20-22(25(31)28(24(20)30)17-6-3-5-16(12-17)26(32)33)19-13-21(35-27(34)23(15)19)14-7-9-18(29)10-8-14/h3,5-10,12,19-22,29,32-34H,2,4,11,13H2,1H3/t19-,20-,21-,22+/m0/s1. The Kier molecular flexibility index (Phi) is 6.31. The molecule has 4 N–H and O–H groups in total. The van der Waals surface area contributed by atoms with Gasteiger partial charge in [-0.15, -0.1) is 0 Å². The van der Waals surface area contributed by atoms with Crippen molar-refractivity contribution in [2.24, 2.45) is 17.8 Å². The van der Waals surface area contributed by atoms with Gasteiger partial charge in [0.05, 0.1) is 23.6 Å². The van der Waals surface area contributed by atoms with Gasteiger partial charge in [-0.25, -0.2) is 0 Å². The third-order valence-electron chi connectivity index (χ3n) is 7.45. The van der Waals surface area contributed by atoms with Gasteiger partial charge in [0.2, 0.25) is 11.8 Å². The molecule has 2 amide bonds. The first kappa shape index (κ1) is 23.8. The summed E-state index contributed by atoms with van der Waals surface area (Å²) in [5.74, 6) is -2.09. The van der Waals surface area contributed by atoms with Crippen LogP contribution in [0.2, 0.25) is 0 Å². The Balaban J connectivity index is 1.53. The van der Waals surface area contributed by atoms with Gasteiger partial charge in [0.1, 0.15) is 5.75 Å². The lowest BCUT2D eigenvalue weighted by molar-refractivity contribution is -0.123. The number of amides is 2. The van der Waals surface area contributed by atoms with Crippen LogP contribution in [0.5, 0.6) is 5.75 Å². The van der Waals surface area contributed by atoms with Gasteiger partial charge in [-0.3, -0.25) is 14.5 Å². The van der Waals surface area contributed by atoms with E-state index in [1.165, 1.54) is 12.1 Å². The van der Waals surface area contributed by atoms with E-state index in [1.54, 1.807) is 36.4 Å². The van der Waals surface area contributed by atoms with Crippen molar-refractivity contribution in [2.75, 3.05) is 4.90 Å². The largest absolute Gasteiger partial charge is 0.508 e. The van der Waals surface area contributed by atoms with Crippen molar-refractivity contribution in [3.05, 3.63) is 65.1 Å². The van der Waals surface area contributed by atoms with Gasteiger partial charge < -0.3 is 24.8 Å². The number of fused-ring (bicyclic) bond motifs is 3. The molecule has 2 fully saturated rings. The highest BCUT2D eigenvalue weighted by molar-refractivity contribution is 6.58. The van der Waals surface area contributed by atoms with Gasteiger partial charge in [-0.2, -0.15) is 0 Å². The third-order valence-corrected chi connectivity index (χ3v) is 7.45. The van der Waals surface area contributed by atoms with E-state index in [2.05, 4.69) is 0 Å². The molecule has 5 rings (SSSR count). The van der Waals surface area contributed by atoms with Crippen LogP contribution in [0.25, 0.3) is 0 Å². The second kappa shape index (κ2) is 9.28. The summed E-state index contributed by atoms with van der Waals surface area (Å²) in [6, 6.07) is 12.7. The Morgan fingerprint density at radius 3 is 2.51 bits per heavy atom. The Labute approximate surface area is 204 Å². The zero-order valence-electron chi connectivity index (χ0n) is 19.4. The summed E-state index contributed by atoms with van der Waals surface area (Å²) in [4.78, 5) is 28.5. The third kappa shape index (κ3) is 4.10. The summed E-state index contributed by atoms with van der Waals surface area (Å²) in [5.41, 5.74) is 2.96. The lowest BCUT2D eigenvalue weighted by atomic mass is 9.54. The second-order valence-corrected chi connectivity index (χ2v) is 9.54. The van der Waals surface area contributed by atoms with E-state index in [0.29, 0.717) is 30.4 Å². The van der Waals surface area contributed by atoms with Gasteiger partial charge in [0.15, 0.2) is 0 Å². The Bertz CT molecular complexity index is 1180. The van der Waals surface area contributed by atoms with Crippen molar-refractivity contribution >= 4 is 37.2 Å². The number of carbonyl (C=O) groups excluding carboxylic acids is 2. The number of hydrogen-bond donors (Lipinski definition) is 4. The molecule has 0 unspecified atom stereocenters. The highest BCUT2D eigenvalue weighted by atomic mass is 16.5. The second-order valence-electron chi connectivity index (χ2n) is 9.54. The molecule has 0 saturated carbocycles. The number of hydrogen-bond acceptors (Lipinski definition) is 7. The predicted molar refractivity (Wildman–Crippen MR) is 130 cm³/mol. The lowest BCUT2D eigenvalue weighted by Gasteiger charge is -2.42. The molecule has 1 aliphatic carbocycles. The number of aromatic hydroxyl groups is 1. The van der Waals surface area contributed by atoms with Crippen LogP contribution in [-0.2, 0) is 14.2 Å². The molecule has 2 aromatic carbocycles. The van der Waals surface area contributed by atoms with Gasteiger partial charge in [-0.05, 0) is 65.9 Å². The van der Waals surface area contributed by atoms with Crippen LogP contribution in [0.3, 0.4) is 0 Å². The van der Waals surface area contributed by atoms with Crippen molar-refractivity contribution in [1.82, 2.24) is 0 Å². The van der Waals surface area contributed by atoms with E-state index in [9.17, 15) is 29.8 Å². The number of allylic oxidation sites excluding steroid dienone is 2. The number of imide groups is 1. The molecule has 0 aromatic heterocycles. The van der Waals surface area contributed by atoms with Crippen molar-refractivity contribution in [3.8, 4) is 5.75 Å². The molecule has 4 atom stereocenters. The molecule has 8 nitrogen and oxygen atoms in total. The highest BCUT2D eigenvalue weighted by Crippen LogP contribution is 2.52. The van der Waals surface area contributed by atoms with Crippen LogP contribution in [0.1, 0.15) is 44.3 Å². The number of rotatable bonds is 5. The van der Waals surface area contributed by atoms with Crippen molar-refractivity contribution in [3.63, 3.8) is 0 Å². The van der Waals surface area contributed by atoms with Gasteiger partial charge in [0.25, 0.3) is 0 Å². The lowest BCUT2D eigenvalue weighted by Crippen LogP contribution is -2.45. The molecule has 2 heterocycles. The zero-order valence-corrected chi connectivity index (χ0v) is 19.4. The fourth-order valence-corrected chi connectivity index (χ4v) is 5.93. The number of nitrogens with zero attached hydrogens (tertiary/aromatic N) is 1. The zero-order chi connectivity index (χ0) is 24.9. The first-order chi connectivity index (χ1) is 16.8. The topological polar surface area (TPSA) is 128 Å². The van der Waals surface area contributed by atoms with E-state index in [4.69, 9.17) is 4.65 Å². The minimum atomic E-state index is -1.72. The molecular weight excluding hydrogens is 448 g/mol. The van der Waals surface area contributed by atoms with Crippen LogP contribution in [0.15, 0.2) is 59.6 Å². The minimum absolute atomic E-state index is 0.121. The van der Waals surface area contributed by atoms with Crippen molar-refractivity contribution in [1.29, 1.82) is 0 Å². The molecule has 2 aliphatic heterocycles. The van der Waals surface area contributed by atoms with E-state index >= 15 is 0 Å². The molecule has 3 aliphatic rings. The number of phenolic OH excluding ortho intramolecular Hbond substituents is 1. The van der Waals surface area contributed by atoms with E-state index < -0.39 is 32.2 Å². The smallest absolute Gasteiger partial charge is 0.488 e. The molecule has 0 radical (unpaired) electrons. The van der Waals surface area contributed by atoms with Crippen LogP contribution in [0.4, 0.5) is 5.69 Å². The molecule has 2 aromatic rings. The fraction of sp³-hybridized carbons (Fsp3) is 0.360. The van der Waals surface area contributed by atoms with Crippen LogP contribution >= 0.6 is 0 Å². The maximum Gasteiger partial charge on any atom is 0.488 e. The van der Waals surface area contributed by atoms with Crippen LogP contribution < -0.4 is 10.4 Å². The molecule has 0 bridgehead atoms. The number of benzene rings is 2. The highest BCUT2D eigenvalue weighted by Gasteiger charge is 2.58. The number of phenols is 1. The van der Waals surface area contributed by atoms with Crippen LogP contribution in [-0.4, -0.2) is 46.2 Å². The average Bonchev–Trinajstić information content (AvgIpc) is 3.09. The maximum absolute atomic E-state index is 13.7. The first-order valence-electron chi connectivity index (χ1n) is 12.0. The van der Waals surface area contributed by atoms with Crippen molar-refractivity contribution in [2.45, 2.75) is 38.7 Å². The van der Waals surface area contributed by atoms with E-state index in [1.807, 2.05) is 6.92 Å². The summed E-state index contributed by atoms with van der Waals surface area (Å²) in [7, 11) is -2.90. The quantitative estimate of drug-likeness (QED) is 0.381. The Hall–Kier alpha value is -2.91. The minimum Gasteiger partial charge on any atom is -0.508 e. The SMILES string of the molecule is CCCC1=C2B(O)O[C@H](c3ccc(O)cc3)C[C@H]2[C@H]2C(=O)N(c3cccc(B(O)O)c3)C(=O)[C@H]2C1. The first-order valence-corrected chi connectivity index (χ1v) is 12.0. The Morgan fingerprint density at radius 2 is 1.83 bits per heavy atom. The van der Waals surface area contributed by atoms with E-state index in [0.717, 1.165) is 22.5 Å². The summed E-state index contributed by atoms with van der Waals surface area (Å²) in [6.45, 7) is 2.03. The molecule has 180 valence electrons. The number of anilines is 1. The van der Waals surface area contributed by atoms with E-state index in [-0.39, 0.29) is 28.9 Å². The summed E-state index contributed by atoms with van der Waals surface area (Å²) < 4.78 is 5.97. The van der Waals surface area contributed by atoms with Crippen molar-refractivity contribution < 1.29 is 34.4 Å². The monoisotopic (exact) mass is 475 g/mol. The number of carbonyl (C=O) groups is 2. The Morgan fingerprint density at radius 1 is 1.09 bits per heavy atom. The molecule has 0 spiro atoms. The summed E-state index contributed by atoms with van der Waals surface area (Å²) in [5, 5.41) is 39.8. The van der Waals surface area contributed by atoms with Gasteiger partial charge in [0, 0.05) is 0 Å². The molecular formula is C25H27B2NO7. The summed E-state index contributed by atoms with van der Waals surface area (Å²) in [6.07, 6.45) is 1.85.